The number of aryl methyl sites for hydroxylation is 1. The summed E-state index contributed by atoms with van der Waals surface area (Å²) < 4.78 is 6.34. The second-order valence-corrected chi connectivity index (χ2v) is 13.6. The molecule has 0 radical (unpaired) electrons. The maximum atomic E-state index is 12.5. The fourth-order valence-electron chi connectivity index (χ4n) is 6.99. The van der Waals surface area contributed by atoms with Crippen LogP contribution in [0.3, 0.4) is 0 Å². The van der Waals surface area contributed by atoms with Crippen LogP contribution in [0.15, 0.2) is 36.4 Å². The van der Waals surface area contributed by atoms with Crippen molar-refractivity contribution in [1.82, 2.24) is 20.2 Å². The lowest BCUT2D eigenvalue weighted by Crippen LogP contribution is -2.34. The van der Waals surface area contributed by atoms with Gasteiger partial charge in [0.2, 0.25) is 5.91 Å². The first kappa shape index (κ1) is 28.7. The molecule has 1 saturated carbocycles. The lowest BCUT2D eigenvalue weighted by molar-refractivity contribution is -0.122. The summed E-state index contributed by atoms with van der Waals surface area (Å²) in [6, 6.07) is 13.7. The average Bonchev–Trinajstić information content (AvgIpc) is 3.66. The largest absolute Gasteiger partial charge is 0.463 e. The Balaban J connectivity index is 1.26. The zero-order valence-corrected chi connectivity index (χ0v) is 25.9. The molecule has 224 valence electrons. The van der Waals surface area contributed by atoms with E-state index in [1.165, 1.54) is 40.4 Å². The predicted molar refractivity (Wildman–Crippen MR) is 169 cm³/mol. The highest BCUT2D eigenvalue weighted by atomic mass is 16.5. The smallest absolute Gasteiger partial charge is 0.318 e. The Morgan fingerprint density at radius 3 is 2.62 bits per heavy atom. The Morgan fingerprint density at radius 1 is 1.14 bits per heavy atom. The van der Waals surface area contributed by atoms with E-state index in [0.717, 1.165) is 50.3 Å². The lowest BCUT2D eigenvalue weighted by Gasteiger charge is -2.32. The number of hydrogen-bond donors (Lipinski definition) is 2. The summed E-state index contributed by atoms with van der Waals surface area (Å²) in [4.78, 5) is 27.1. The molecule has 2 N–H and O–H groups in total. The fraction of sp³-hybridized carbons (Fsp3) is 0.559. The first-order chi connectivity index (χ1) is 20.2. The highest BCUT2D eigenvalue weighted by Crippen LogP contribution is 2.46. The molecule has 1 aliphatic carbocycles. The van der Waals surface area contributed by atoms with Crippen LogP contribution in [0, 0.1) is 11.3 Å². The van der Waals surface area contributed by atoms with Gasteiger partial charge in [-0.25, -0.2) is 0 Å². The number of hydrogen-bond acceptors (Lipinski definition) is 7. The Hall–Kier alpha value is -3.39. The van der Waals surface area contributed by atoms with Gasteiger partial charge in [0.05, 0.1) is 18.8 Å². The summed E-state index contributed by atoms with van der Waals surface area (Å²) in [6.45, 7) is 10.4. The van der Waals surface area contributed by atoms with Gasteiger partial charge in [-0.15, -0.1) is 0 Å². The summed E-state index contributed by atoms with van der Waals surface area (Å²) in [6.07, 6.45) is 5.84. The van der Waals surface area contributed by atoms with Crippen LogP contribution in [0.2, 0.25) is 0 Å². The van der Waals surface area contributed by atoms with E-state index in [1.54, 1.807) is 0 Å². The van der Waals surface area contributed by atoms with Gasteiger partial charge in [0.1, 0.15) is 5.82 Å². The van der Waals surface area contributed by atoms with Gasteiger partial charge >= 0.3 is 6.01 Å². The second kappa shape index (κ2) is 11.4. The number of fused-ring (bicyclic) bond motifs is 2. The van der Waals surface area contributed by atoms with Gasteiger partial charge in [-0.3, -0.25) is 4.79 Å². The Morgan fingerprint density at radius 2 is 1.93 bits per heavy atom. The first-order valence-electron chi connectivity index (χ1n) is 15.6. The van der Waals surface area contributed by atoms with Crippen LogP contribution in [0.4, 0.5) is 11.5 Å². The molecule has 1 saturated heterocycles. The molecule has 3 aliphatic rings. The summed E-state index contributed by atoms with van der Waals surface area (Å²) >= 11 is 0. The number of amides is 1. The van der Waals surface area contributed by atoms with Crippen molar-refractivity contribution in [2.75, 3.05) is 50.6 Å². The molecule has 1 atom stereocenters. The predicted octanol–water partition coefficient (Wildman–Crippen LogP) is 5.19. The van der Waals surface area contributed by atoms with Crippen molar-refractivity contribution in [3.05, 3.63) is 53.2 Å². The number of benzene rings is 2. The number of carbonyl (C=O) groups excluding carboxylic acids is 1. The van der Waals surface area contributed by atoms with Crippen molar-refractivity contribution < 1.29 is 9.53 Å². The summed E-state index contributed by atoms with van der Waals surface area (Å²) in [5, 5.41) is 9.34. The van der Waals surface area contributed by atoms with E-state index in [1.807, 2.05) is 0 Å². The molecular weight excluding hydrogens is 524 g/mol. The highest BCUT2D eigenvalue weighted by molar-refractivity contribution is 5.97. The fourth-order valence-corrected chi connectivity index (χ4v) is 6.99. The molecule has 1 aromatic heterocycles. The SMILES string of the molecule is CCc1cccc2cccc(N3CCc4c(nc(OCC5(CN(C)C)CC5)nc4NCCC4CC(C)(C)NC4=O)C3)c12. The first-order valence-corrected chi connectivity index (χ1v) is 15.6. The number of carbonyl (C=O) groups is 1. The molecule has 1 unspecified atom stereocenters. The van der Waals surface area contributed by atoms with Crippen molar-refractivity contribution in [2.45, 2.75) is 71.4 Å². The van der Waals surface area contributed by atoms with E-state index < -0.39 is 0 Å². The van der Waals surface area contributed by atoms with Crippen LogP contribution in [0.5, 0.6) is 6.01 Å². The maximum absolute atomic E-state index is 12.5. The Bertz CT molecular complexity index is 1460. The topological polar surface area (TPSA) is 82.6 Å². The van der Waals surface area contributed by atoms with Crippen LogP contribution in [-0.4, -0.2) is 66.7 Å². The van der Waals surface area contributed by atoms with Crippen molar-refractivity contribution >= 4 is 28.2 Å². The standard InChI is InChI=1S/C34H46N6O2/c1-6-23-9-7-10-24-11-8-12-28(29(23)24)40-18-14-26-27(20-40)36-32(42-22-34(15-16-34)21-39(4)5)37-30(26)35-17-13-25-19-33(2,3)38-31(25)41/h7-12,25H,6,13-22H2,1-5H3,(H,38,41)(H,35,36,37). The molecule has 42 heavy (non-hydrogen) atoms. The molecule has 3 heterocycles. The van der Waals surface area contributed by atoms with Crippen LogP contribution < -0.4 is 20.3 Å². The van der Waals surface area contributed by atoms with Gasteiger partial charge in [-0.2, -0.15) is 9.97 Å². The third kappa shape index (κ3) is 6.05. The Labute approximate surface area is 250 Å². The normalized spacial score (nSPS) is 20.5. The van der Waals surface area contributed by atoms with Gasteiger partial charge in [-0.1, -0.05) is 37.3 Å². The van der Waals surface area contributed by atoms with E-state index in [-0.39, 0.29) is 22.8 Å². The van der Waals surface area contributed by atoms with Crippen molar-refractivity contribution in [3.63, 3.8) is 0 Å². The zero-order chi connectivity index (χ0) is 29.5. The minimum atomic E-state index is -0.134. The molecule has 6 rings (SSSR count). The minimum Gasteiger partial charge on any atom is -0.463 e. The van der Waals surface area contributed by atoms with Crippen molar-refractivity contribution in [3.8, 4) is 6.01 Å². The molecule has 1 amide bonds. The summed E-state index contributed by atoms with van der Waals surface area (Å²) in [5.41, 5.74) is 4.90. The zero-order valence-electron chi connectivity index (χ0n) is 25.9. The van der Waals surface area contributed by atoms with E-state index in [0.29, 0.717) is 25.7 Å². The van der Waals surface area contributed by atoms with Gasteiger partial charge in [0.25, 0.3) is 0 Å². The number of nitrogens with zero attached hydrogens (tertiary/aromatic N) is 4. The molecule has 3 aromatic rings. The van der Waals surface area contributed by atoms with Crippen LogP contribution in [0.1, 0.15) is 63.3 Å². The van der Waals surface area contributed by atoms with E-state index in [2.05, 4.69) is 91.7 Å². The number of anilines is 2. The Kier molecular flexibility index (Phi) is 7.77. The number of ether oxygens (including phenoxy) is 1. The summed E-state index contributed by atoms with van der Waals surface area (Å²) in [5.74, 6) is 1.04. The molecular formula is C34H46N6O2. The van der Waals surface area contributed by atoms with Crippen LogP contribution in [0.25, 0.3) is 10.8 Å². The molecule has 2 aromatic carbocycles. The third-order valence-electron chi connectivity index (χ3n) is 9.23. The molecule has 2 fully saturated rings. The molecule has 8 heteroatoms. The van der Waals surface area contributed by atoms with Gasteiger partial charge in [-0.05, 0) is 83.5 Å². The second-order valence-electron chi connectivity index (χ2n) is 13.6. The van der Waals surface area contributed by atoms with E-state index in [4.69, 9.17) is 14.7 Å². The molecule has 0 spiro atoms. The quantitative estimate of drug-likeness (QED) is 0.328. The highest BCUT2D eigenvalue weighted by Gasteiger charge is 2.44. The average molecular weight is 571 g/mol. The maximum Gasteiger partial charge on any atom is 0.318 e. The third-order valence-corrected chi connectivity index (χ3v) is 9.23. The number of nitrogens with one attached hydrogen (secondary N) is 2. The van der Waals surface area contributed by atoms with Crippen molar-refractivity contribution in [1.29, 1.82) is 0 Å². The number of rotatable bonds is 11. The monoisotopic (exact) mass is 570 g/mol. The van der Waals surface area contributed by atoms with Crippen molar-refractivity contribution in [2.24, 2.45) is 11.3 Å². The summed E-state index contributed by atoms with van der Waals surface area (Å²) in [7, 11) is 4.24. The van der Waals surface area contributed by atoms with Gasteiger partial charge in [0, 0.05) is 53.1 Å². The number of aromatic nitrogens is 2. The lowest BCUT2D eigenvalue weighted by atomic mass is 9.94. The van der Waals surface area contributed by atoms with E-state index in [9.17, 15) is 4.79 Å². The van der Waals surface area contributed by atoms with Gasteiger partial charge in [0.15, 0.2) is 0 Å². The molecule has 0 bridgehead atoms. The minimum absolute atomic E-state index is 0.0243. The van der Waals surface area contributed by atoms with E-state index >= 15 is 0 Å². The van der Waals surface area contributed by atoms with Gasteiger partial charge < -0.3 is 25.2 Å². The molecule has 2 aliphatic heterocycles. The molecule has 8 nitrogen and oxygen atoms in total. The van der Waals surface area contributed by atoms with Crippen LogP contribution in [-0.2, 0) is 24.2 Å². The van der Waals surface area contributed by atoms with Crippen LogP contribution >= 0.6 is 0 Å².